The van der Waals surface area contributed by atoms with Crippen LogP contribution >= 0.6 is 11.3 Å². The third-order valence-corrected chi connectivity index (χ3v) is 4.32. The van der Waals surface area contributed by atoms with Gasteiger partial charge in [0.25, 0.3) is 0 Å². The van der Waals surface area contributed by atoms with Gasteiger partial charge in [-0.1, -0.05) is 0 Å². The molecule has 2 heterocycles. The lowest BCUT2D eigenvalue weighted by molar-refractivity contribution is 0.0190. The van der Waals surface area contributed by atoms with E-state index in [0.717, 1.165) is 49.2 Å². The second-order valence-electron chi connectivity index (χ2n) is 5.40. The molecule has 1 aromatic heterocycles. The van der Waals surface area contributed by atoms with E-state index >= 15 is 0 Å². The minimum atomic E-state index is 0.287. The fourth-order valence-electron chi connectivity index (χ4n) is 2.41. The second-order valence-corrected chi connectivity index (χ2v) is 6.46. The molecule has 1 aliphatic heterocycles. The average Bonchev–Trinajstić information content (AvgIpc) is 3.14. The second kappa shape index (κ2) is 9.07. The summed E-state index contributed by atoms with van der Waals surface area (Å²) in [5.74, 6) is 0.853. The molecular weight excluding hydrogens is 300 g/mol. The van der Waals surface area contributed by atoms with Crippen molar-refractivity contribution in [1.82, 2.24) is 15.2 Å². The van der Waals surface area contributed by atoms with Crippen LogP contribution in [0.4, 0.5) is 0 Å². The number of aliphatic imine (C=N–C) groups is 1. The lowest BCUT2D eigenvalue weighted by Crippen LogP contribution is -2.40. The molecule has 7 heteroatoms. The lowest BCUT2D eigenvalue weighted by atomic mass is 10.2. The Labute approximate surface area is 136 Å². The summed E-state index contributed by atoms with van der Waals surface area (Å²) in [4.78, 5) is 10.8. The van der Waals surface area contributed by atoms with Crippen molar-refractivity contribution in [2.24, 2.45) is 4.99 Å². The van der Waals surface area contributed by atoms with Gasteiger partial charge in [-0.25, -0.2) is 4.98 Å². The number of guanidine groups is 1. The minimum Gasteiger partial charge on any atom is -0.377 e. The standard InChI is InChI=1S/C15H26N4O2S/c1-12-18-13(11-22-12)9-19(3)15(16-2)17-6-8-20-10-14-5-4-7-21-14/h11,14H,4-10H2,1-3H3,(H,16,17). The molecule has 0 aliphatic carbocycles. The van der Waals surface area contributed by atoms with Crippen LogP contribution in [0.25, 0.3) is 0 Å². The lowest BCUT2D eigenvalue weighted by Gasteiger charge is -2.21. The summed E-state index contributed by atoms with van der Waals surface area (Å²) < 4.78 is 11.2. The minimum absolute atomic E-state index is 0.287. The van der Waals surface area contributed by atoms with Crippen molar-refractivity contribution in [1.29, 1.82) is 0 Å². The van der Waals surface area contributed by atoms with Gasteiger partial charge in [-0.3, -0.25) is 4.99 Å². The molecule has 2 rings (SSSR count). The molecule has 1 aromatic rings. The fourth-order valence-corrected chi connectivity index (χ4v) is 3.01. The smallest absolute Gasteiger partial charge is 0.193 e. The number of hydrogen-bond acceptors (Lipinski definition) is 5. The van der Waals surface area contributed by atoms with Gasteiger partial charge < -0.3 is 19.7 Å². The topological polar surface area (TPSA) is 59.0 Å². The summed E-state index contributed by atoms with van der Waals surface area (Å²) >= 11 is 1.67. The molecule has 124 valence electrons. The number of rotatable bonds is 7. The van der Waals surface area contributed by atoms with Crippen molar-refractivity contribution in [3.8, 4) is 0 Å². The zero-order valence-electron chi connectivity index (χ0n) is 13.7. The van der Waals surface area contributed by atoms with Gasteiger partial charge in [0, 0.05) is 32.6 Å². The molecule has 1 unspecified atom stereocenters. The predicted molar refractivity (Wildman–Crippen MR) is 89.5 cm³/mol. The number of thiazole rings is 1. The molecule has 22 heavy (non-hydrogen) atoms. The van der Waals surface area contributed by atoms with Gasteiger partial charge in [0.1, 0.15) is 0 Å². The zero-order chi connectivity index (χ0) is 15.8. The maximum Gasteiger partial charge on any atom is 0.193 e. The van der Waals surface area contributed by atoms with Crippen molar-refractivity contribution in [2.45, 2.75) is 32.4 Å². The Bertz CT molecular complexity index is 472. The highest BCUT2D eigenvalue weighted by atomic mass is 32.1. The molecule has 0 spiro atoms. The number of nitrogens with zero attached hydrogens (tertiary/aromatic N) is 3. The van der Waals surface area contributed by atoms with E-state index in [1.165, 1.54) is 0 Å². The predicted octanol–water partition coefficient (Wildman–Crippen LogP) is 1.65. The van der Waals surface area contributed by atoms with Crippen LogP contribution in [0.3, 0.4) is 0 Å². The number of nitrogens with one attached hydrogen (secondary N) is 1. The Hall–Kier alpha value is -1.18. The van der Waals surface area contributed by atoms with Crippen LogP contribution in [0.1, 0.15) is 23.5 Å². The van der Waals surface area contributed by atoms with Crippen molar-refractivity contribution in [3.05, 3.63) is 16.1 Å². The maximum atomic E-state index is 5.64. The van der Waals surface area contributed by atoms with E-state index < -0.39 is 0 Å². The van der Waals surface area contributed by atoms with Gasteiger partial charge in [-0.15, -0.1) is 11.3 Å². The quantitative estimate of drug-likeness (QED) is 0.469. The number of aryl methyl sites for hydroxylation is 1. The Morgan fingerprint density at radius 3 is 3.14 bits per heavy atom. The van der Waals surface area contributed by atoms with Crippen LogP contribution in [0.15, 0.2) is 10.4 Å². The van der Waals surface area contributed by atoms with Crippen LogP contribution in [0.2, 0.25) is 0 Å². The van der Waals surface area contributed by atoms with Crippen LogP contribution in [-0.2, 0) is 16.0 Å². The van der Waals surface area contributed by atoms with Crippen molar-refractivity contribution >= 4 is 17.3 Å². The molecule has 1 N–H and O–H groups in total. The van der Waals surface area contributed by atoms with Gasteiger partial charge in [-0.2, -0.15) is 0 Å². The van der Waals surface area contributed by atoms with Gasteiger partial charge >= 0.3 is 0 Å². The molecule has 1 fully saturated rings. The Balaban J connectivity index is 1.63. The van der Waals surface area contributed by atoms with E-state index in [-0.39, 0.29) is 6.10 Å². The van der Waals surface area contributed by atoms with Crippen LogP contribution in [-0.4, -0.2) is 62.4 Å². The summed E-state index contributed by atoms with van der Waals surface area (Å²) in [6.45, 7) is 5.73. The molecule has 0 bridgehead atoms. The molecule has 0 saturated carbocycles. The van der Waals surface area contributed by atoms with Crippen molar-refractivity contribution in [2.75, 3.05) is 40.5 Å². The first-order chi connectivity index (χ1) is 10.7. The van der Waals surface area contributed by atoms with E-state index in [1.54, 1.807) is 18.4 Å². The first-order valence-electron chi connectivity index (χ1n) is 7.71. The number of hydrogen-bond donors (Lipinski definition) is 1. The largest absolute Gasteiger partial charge is 0.377 e. The molecule has 1 saturated heterocycles. The number of aromatic nitrogens is 1. The summed E-state index contributed by atoms with van der Waals surface area (Å²) in [7, 11) is 3.80. The summed E-state index contributed by atoms with van der Waals surface area (Å²) in [5.41, 5.74) is 1.07. The van der Waals surface area contributed by atoms with Crippen LogP contribution in [0, 0.1) is 6.92 Å². The molecule has 0 radical (unpaired) electrons. The molecule has 6 nitrogen and oxygen atoms in total. The van der Waals surface area contributed by atoms with Gasteiger partial charge in [-0.05, 0) is 19.8 Å². The fraction of sp³-hybridized carbons (Fsp3) is 0.733. The van der Waals surface area contributed by atoms with Crippen LogP contribution < -0.4 is 5.32 Å². The highest BCUT2D eigenvalue weighted by molar-refractivity contribution is 7.09. The van der Waals surface area contributed by atoms with E-state index in [1.807, 2.05) is 14.0 Å². The summed E-state index contributed by atoms with van der Waals surface area (Å²) in [5, 5.41) is 6.49. The summed E-state index contributed by atoms with van der Waals surface area (Å²) in [6, 6.07) is 0. The monoisotopic (exact) mass is 326 g/mol. The molecule has 0 amide bonds. The SMILES string of the molecule is CN=C(NCCOCC1CCCO1)N(C)Cc1csc(C)n1. The normalized spacial score (nSPS) is 18.7. The van der Waals surface area contributed by atoms with E-state index in [4.69, 9.17) is 9.47 Å². The van der Waals surface area contributed by atoms with Crippen molar-refractivity contribution in [3.63, 3.8) is 0 Å². The van der Waals surface area contributed by atoms with Crippen LogP contribution in [0.5, 0.6) is 0 Å². The summed E-state index contributed by atoms with van der Waals surface area (Å²) in [6.07, 6.45) is 2.56. The van der Waals surface area contributed by atoms with Gasteiger partial charge in [0.05, 0.1) is 36.6 Å². The zero-order valence-corrected chi connectivity index (χ0v) is 14.5. The maximum absolute atomic E-state index is 5.64. The van der Waals surface area contributed by atoms with Gasteiger partial charge in [0.15, 0.2) is 5.96 Å². The van der Waals surface area contributed by atoms with Gasteiger partial charge in [0.2, 0.25) is 0 Å². The highest BCUT2D eigenvalue weighted by Gasteiger charge is 2.15. The van der Waals surface area contributed by atoms with E-state index in [0.29, 0.717) is 13.2 Å². The average molecular weight is 326 g/mol. The first kappa shape index (κ1) is 17.2. The number of ether oxygens (including phenoxy) is 2. The Kier molecular flexibility index (Phi) is 7.08. The Morgan fingerprint density at radius 2 is 2.50 bits per heavy atom. The molecular formula is C15H26N4O2S. The first-order valence-corrected chi connectivity index (χ1v) is 8.59. The third-order valence-electron chi connectivity index (χ3n) is 3.50. The Morgan fingerprint density at radius 1 is 1.64 bits per heavy atom. The van der Waals surface area contributed by atoms with Crippen molar-refractivity contribution < 1.29 is 9.47 Å². The molecule has 1 atom stereocenters. The third kappa shape index (κ3) is 5.55. The van der Waals surface area contributed by atoms with E-state index in [9.17, 15) is 0 Å². The van der Waals surface area contributed by atoms with E-state index in [2.05, 4.69) is 25.6 Å². The molecule has 1 aliphatic rings. The highest BCUT2D eigenvalue weighted by Crippen LogP contribution is 2.11. The molecule has 0 aromatic carbocycles.